The van der Waals surface area contributed by atoms with Crippen LogP contribution in [0.3, 0.4) is 0 Å². The molecule has 0 saturated heterocycles. The second kappa shape index (κ2) is 11.1. The van der Waals surface area contributed by atoms with Crippen LogP contribution in [0.15, 0.2) is 47.5 Å². The molecular weight excluding hydrogens is 342 g/mol. The zero-order chi connectivity index (χ0) is 19.5. The number of aliphatic imine (C=N–C) groups is 1. The van der Waals surface area contributed by atoms with Crippen molar-refractivity contribution in [1.29, 1.82) is 0 Å². The number of guanidine groups is 1. The third-order valence-corrected chi connectivity index (χ3v) is 3.91. The quantitative estimate of drug-likeness (QED) is 0.518. The summed E-state index contributed by atoms with van der Waals surface area (Å²) in [5.74, 6) is 2.07. The van der Waals surface area contributed by atoms with Crippen LogP contribution in [0.1, 0.15) is 25.0 Å². The molecule has 146 valence electrons. The molecule has 0 atom stereocenters. The number of benzene rings is 2. The first-order valence-corrected chi connectivity index (χ1v) is 9.13. The maximum atomic E-state index is 5.42. The highest BCUT2D eigenvalue weighted by molar-refractivity contribution is 5.93. The van der Waals surface area contributed by atoms with Crippen molar-refractivity contribution in [2.45, 2.75) is 27.0 Å². The molecule has 27 heavy (non-hydrogen) atoms. The summed E-state index contributed by atoms with van der Waals surface area (Å²) in [6.07, 6.45) is 0. The van der Waals surface area contributed by atoms with E-state index in [2.05, 4.69) is 39.9 Å². The second-order valence-corrected chi connectivity index (χ2v) is 5.84. The highest BCUT2D eigenvalue weighted by Gasteiger charge is 2.06. The zero-order valence-corrected chi connectivity index (χ0v) is 16.5. The van der Waals surface area contributed by atoms with E-state index in [-0.39, 0.29) is 0 Å². The van der Waals surface area contributed by atoms with Gasteiger partial charge >= 0.3 is 0 Å². The summed E-state index contributed by atoms with van der Waals surface area (Å²) in [5.41, 5.74) is 3.18. The Kier molecular flexibility index (Phi) is 8.45. The van der Waals surface area contributed by atoms with Crippen LogP contribution in [-0.4, -0.2) is 33.3 Å². The summed E-state index contributed by atoms with van der Waals surface area (Å²) in [4.78, 5) is 4.66. The Morgan fingerprint density at radius 3 is 2.26 bits per heavy atom. The average molecular weight is 371 g/mol. The van der Waals surface area contributed by atoms with Gasteiger partial charge in [0, 0.05) is 24.9 Å². The molecule has 6 heteroatoms. The van der Waals surface area contributed by atoms with Crippen LogP contribution >= 0.6 is 0 Å². The van der Waals surface area contributed by atoms with Crippen molar-refractivity contribution in [3.63, 3.8) is 0 Å². The first-order chi connectivity index (χ1) is 13.2. The average Bonchev–Trinajstić information content (AvgIpc) is 2.71. The number of nitrogens with zero attached hydrogens (tertiary/aromatic N) is 1. The minimum absolute atomic E-state index is 0.581. The highest BCUT2D eigenvalue weighted by Crippen LogP contribution is 2.29. The van der Waals surface area contributed by atoms with Crippen LogP contribution in [0, 0.1) is 0 Å². The summed E-state index contributed by atoms with van der Waals surface area (Å²) >= 11 is 0. The van der Waals surface area contributed by atoms with Gasteiger partial charge in [-0.3, -0.25) is 0 Å². The molecule has 0 fully saturated rings. The summed E-state index contributed by atoms with van der Waals surface area (Å²) in [6.45, 7) is 6.75. The third-order valence-electron chi connectivity index (χ3n) is 3.91. The third kappa shape index (κ3) is 6.49. The van der Waals surface area contributed by atoms with Gasteiger partial charge in [0.05, 0.1) is 27.4 Å². The number of hydrogen-bond acceptors (Lipinski definition) is 4. The zero-order valence-electron chi connectivity index (χ0n) is 16.5. The maximum Gasteiger partial charge on any atom is 0.196 e. The van der Waals surface area contributed by atoms with E-state index in [1.165, 1.54) is 5.56 Å². The molecule has 0 radical (unpaired) electrons. The Morgan fingerprint density at radius 2 is 1.63 bits per heavy atom. The van der Waals surface area contributed by atoms with E-state index >= 15 is 0 Å². The molecule has 6 nitrogen and oxygen atoms in total. The van der Waals surface area contributed by atoms with Crippen molar-refractivity contribution in [3.05, 3.63) is 53.6 Å². The van der Waals surface area contributed by atoms with Crippen LogP contribution in [0.2, 0.25) is 0 Å². The summed E-state index contributed by atoms with van der Waals surface area (Å²) in [5, 5.41) is 6.55. The lowest BCUT2D eigenvalue weighted by Gasteiger charge is -2.14. The van der Waals surface area contributed by atoms with Gasteiger partial charge in [-0.2, -0.15) is 0 Å². The first-order valence-electron chi connectivity index (χ1n) is 9.13. The molecule has 0 bridgehead atoms. The van der Waals surface area contributed by atoms with Crippen LogP contribution in [0.5, 0.6) is 11.5 Å². The number of hydrogen-bond donors (Lipinski definition) is 2. The van der Waals surface area contributed by atoms with Crippen molar-refractivity contribution < 1.29 is 14.2 Å². The van der Waals surface area contributed by atoms with E-state index in [0.29, 0.717) is 30.6 Å². The van der Waals surface area contributed by atoms with E-state index in [9.17, 15) is 0 Å². The number of anilines is 1. The Balaban J connectivity index is 2.05. The minimum Gasteiger partial charge on any atom is -0.493 e. The number of rotatable bonds is 9. The summed E-state index contributed by atoms with van der Waals surface area (Å²) in [6, 6.07) is 14.0. The molecule has 0 aliphatic heterocycles. The first kappa shape index (κ1) is 20.6. The molecule has 0 heterocycles. The Bertz CT molecular complexity index is 730. The molecule has 0 aliphatic rings. The number of methoxy groups -OCH3 is 2. The molecule has 2 aromatic rings. The van der Waals surface area contributed by atoms with Crippen LogP contribution in [0.4, 0.5) is 5.69 Å². The van der Waals surface area contributed by atoms with Gasteiger partial charge in [0.25, 0.3) is 0 Å². The number of ether oxygens (including phenoxy) is 3. The van der Waals surface area contributed by atoms with Crippen LogP contribution in [0.25, 0.3) is 0 Å². The van der Waals surface area contributed by atoms with Gasteiger partial charge < -0.3 is 24.8 Å². The van der Waals surface area contributed by atoms with Gasteiger partial charge in [-0.25, -0.2) is 4.99 Å². The van der Waals surface area contributed by atoms with Crippen molar-refractivity contribution in [2.24, 2.45) is 4.99 Å². The van der Waals surface area contributed by atoms with Gasteiger partial charge in [-0.15, -0.1) is 0 Å². The molecular formula is C21H29N3O3. The molecule has 2 aromatic carbocycles. The van der Waals surface area contributed by atoms with Gasteiger partial charge in [-0.05, 0) is 37.1 Å². The van der Waals surface area contributed by atoms with E-state index in [1.807, 2.05) is 32.0 Å². The minimum atomic E-state index is 0.581. The van der Waals surface area contributed by atoms with Crippen LogP contribution < -0.4 is 20.1 Å². The molecule has 2 N–H and O–H groups in total. The van der Waals surface area contributed by atoms with E-state index in [0.717, 1.165) is 24.4 Å². The van der Waals surface area contributed by atoms with Crippen molar-refractivity contribution in [2.75, 3.05) is 32.7 Å². The SMILES string of the molecule is CCNC(=NCc1ccc(COCC)cc1)Nc1ccc(OC)c(OC)c1. The molecule has 2 rings (SSSR count). The molecule has 0 aliphatic carbocycles. The van der Waals surface area contributed by atoms with Crippen LogP contribution in [-0.2, 0) is 17.9 Å². The van der Waals surface area contributed by atoms with Crippen molar-refractivity contribution >= 4 is 11.6 Å². The topological polar surface area (TPSA) is 64.1 Å². The summed E-state index contributed by atoms with van der Waals surface area (Å²) < 4.78 is 16.1. The Morgan fingerprint density at radius 1 is 0.926 bits per heavy atom. The lowest BCUT2D eigenvalue weighted by atomic mass is 10.1. The monoisotopic (exact) mass is 371 g/mol. The fourth-order valence-electron chi connectivity index (χ4n) is 2.49. The van der Waals surface area contributed by atoms with E-state index in [4.69, 9.17) is 14.2 Å². The summed E-state index contributed by atoms with van der Waals surface area (Å²) in [7, 11) is 3.24. The van der Waals surface area contributed by atoms with Crippen molar-refractivity contribution in [1.82, 2.24) is 5.32 Å². The fraction of sp³-hybridized carbons (Fsp3) is 0.381. The van der Waals surface area contributed by atoms with Gasteiger partial charge in [0.2, 0.25) is 0 Å². The Labute approximate surface area is 161 Å². The predicted octanol–water partition coefficient (Wildman–Crippen LogP) is 3.82. The number of nitrogens with one attached hydrogen (secondary N) is 2. The van der Waals surface area contributed by atoms with E-state index < -0.39 is 0 Å². The smallest absolute Gasteiger partial charge is 0.196 e. The molecule has 0 aromatic heterocycles. The standard InChI is InChI=1S/C21H29N3O3/c1-5-22-21(24-18-11-12-19(25-3)20(13-18)26-4)23-14-16-7-9-17(10-8-16)15-27-6-2/h7-13H,5-6,14-15H2,1-4H3,(H2,22,23,24). The molecule has 0 saturated carbocycles. The normalized spacial score (nSPS) is 11.2. The van der Waals surface area contributed by atoms with Crippen molar-refractivity contribution in [3.8, 4) is 11.5 Å². The lowest BCUT2D eigenvalue weighted by molar-refractivity contribution is 0.134. The molecule has 0 unspecified atom stereocenters. The van der Waals surface area contributed by atoms with Gasteiger partial charge in [-0.1, -0.05) is 24.3 Å². The fourth-order valence-corrected chi connectivity index (χ4v) is 2.49. The van der Waals surface area contributed by atoms with E-state index in [1.54, 1.807) is 14.2 Å². The second-order valence-electron chi connectivity index (χ2n) is 5.84. The largest absolute Gasteiger partial charge is 0.493 e. The molecule has 0 spiro atoms. The maximum absolute atomic E-state index is 5.42. The molecule has 0 amide bonds. The Hall–Kier alpha value is -2.73. The van der Waals surface area contributed by atoms with Gasteiger partial charge in [0.1, 0.15) is 0 Å². The predicted molar refractivity (Wildman–Crippen MR) is 110 cm³/mol. The van der Waals surface area contributed by atoms with Gasteiger partial charge in [0.15, 0.2) is 17.5 Å². The highest BCUT2D eigenvalue weighted by atomic mass is 16.5. The lowest BCUT2D eigenvalue weighted by Crippen LogP contribution is -2.30.